The molecular weight excluding hydrogens is 757 g/mol. The van der Waals surface area contributed by atoms with Gasteiger partial charge in [0, 0.05) is 25.7 Å². The van der Waals surface area contributed by atoms with Gasteiger partial charge in [-0.25, -0.2) is 4.57 Å². The van der Waals surface area contributed by atoms with E-state index in [1.165, 1.54) is 30.4 Å². The quantitative estimate of drug-likeness (QED) is 0.0176. The number of aryl methyl sites for hydroxylation is 2. The number of hydrogen-bond acceptors (Lipinski definition) is 9. The van der Waals surface area contributed by atoms with E-state index in [0.717, 1.165) is 88.6 Å². The Bertz CT molecular complexity index is 1430. The third kappa shape index (κ3) is 25.2. The number of esters is 2. The second-order valence-electron chi connectivity index (χ2n) is 16.7. The first kappa shape index (κ1) is 51.6. The zero-order chi connectivity index (χ0) is 42.7. The van der Waals surface area contributed by atoms with Crippen molar-refractivity contribution in [3.8, 4) is 0 Å². The number of allylic oxidation sites excluding steroid dienone is 4. The van der Waals surface area contributed by atoms with Crippen molar-refractivity contribution >= 4 is 19.8 Å². The van der Waals surface area contributed by atoms with Gasteiger partial charge in [0.2, 0.25) is 0 Å². The van der Waals surface area contributed by atoms with Gasteiger partial charge >= 0.3 is 19.8 Å². The van der Waals surface area contributed by atoms with E-state index in [9.17, 15) is 19.0 Å². The molecule has 4 atom stereocenters. The van der Waals surface area contributed by atoms with Gasteiger partial charge in [0.15, 0.2) is 6.10 Å². The maximum atomic E-state index is 12.7. The Hall–Kier alpha value is -2.53. The van der Waals surface area contributed by atoms with Gasteiger partial charge in [-0.05, 0) is 89.2 Å². The zero-order valence-electron chi connectivity index (χ0n) is 37.2. The molecule has 1 aromatic heterocycles. The van der Waals surface area contributed by atoms with Crippen LogP contribution in [0.4, 0.5) is 0 Å². The first-order valence-corrected chi connectivity index (χ1v) is 23.7. The molecule has 0 aliphatic carbocycles. The van der Waals surface area contributed by atoms with E-state index in [0.29, 0.717) is 30.3 Å². The molecule has 1 saturated heterocycles. The topological polar surface area (TPSA) is 134 Å². The lowest BCUT2D eigenvalue weighted by atomic mass is 10.0. The summed E-state index contributed by atoms with van der Waals surface area (Å²) in [5.41, 5.74) is 2.57. The number of phosphoric acid groups is 1. The monoisotopic (exact) mass is 837 g/mol. The second-order valence-corrected chi connectivity index (χ2v) is 18.2. The average molecular weight is 837 g/mol. The highest BCUT2D eigenvalue weighted by Gasteiger charge is 2.36. The van der Waals surface area contributed by atoms with Crippen LogP contribution in [0.5, 0.6) is 0 Å². The van der Waals surface area contributed by atoms with Crippen molar-refractivity contribution in [2.45, 2.75) is 174 Å². The Labute approximate surface area is 351 Å². The first-order chi connectivity index (χ1) is 27.7. The molecule has 0 spiro atoms. The van der Waals surface area contributed by atoms with Crippen molar-refractivity contribution in [2.24, 2.45) is 0 Å². The molecular formula is C46H79NO10P+. The summed E-state index contributed by atoms with van der Waals surface area (Å²) in [7, 11) is 1.40. The summed E-state index contributed by atoms with van der Waals surface area (Å²) in [6, 6.07) is 0. The summed E-state index contributed by atoms with van der Waals surface area (Å²) >= 11 is 0. The number of likely N-dealkylation sites (N-methyl/N-ethyl adjacent to an activating group) is 1. The number of furan rings is 1. The van der Waals surface area contributed by atoms with Gasteiger partial charge in [-0.3, -0.25) is 18.6 Å². The predicted molar refractivity (Wildman–Crippen MR) is 232 cm³/mol. The lowest BCUT2D eigenvalue weighted by molar-refractivity contribution is -0.870. The van der Waals surface area contributed by atoms with Crippen molar-refractivity contribution in [1.82, 2.24) is 0 Å². The third-order valence-corrected chi connectivity index (χ3v) is 11.2. The Morgan fingerprint density at radius 3 is 2.02 bits per heavy atom. The van der Waals surface area contributed by atoms with Gasteiger partial charge < -0.3 is 28.0 Å². The molecule has 332 valence electrons. The number of ether oxygens (including phenoxy) is 3. The van der Waals surface area contributed by atoms with Crippen molar-refractivity contribution in [3.63, 3.8) is 0 Å². The van der Waals surface area contributed by atoms with E-state index in [-0.39, 0.29) is 38.3 Å². The number of rotatable bonds is 35. The zero-order valence-corrected chi connectivity index (χ0v) is 38.1. The van der Waals surface area contributed by atoms with E-state index in [2.05, 4.69) is 64.2 Å². The number of carbonyl (C=O) groups excluding carboxylic acids is 2. The fourth-order valence-electron chi connectivity index (χ4n) is 6.39. The van der Waals surface area contributed by atoms with Crippen LogP contribution in [0.25, 0.3) is 0 Å². The molecule has 1 aromatic rings. The Morgan fingerprint density at radius 2 is 1.33 bits per heavy atom. The number of hydrogen-bond donors (Lipinski definition) is 1. The maximum absolute atomic E-state index is 12.7. The fourth-order valence-corrected chi connectivity index (χ4v) is 7.13. The largest absolute Gasteiger partial charge is 0.472 e. The Balaban J connectivity index is 1.67. The molecule has 0 amide bonds. The summed E-state index contributed by atoms with van der Waals surface area (Å²) in [6.07, 6.45) is 30.8. The molecule has 1 fully saturated rings. The van der Waals surface area contributed by atoms with Crippen LogP contribution in [-0.2, 0) is 50.3 Å². The molecule has 3 unspecified atom stereocenters. The van der Waals surface area contributed by atoms with Crippen LogP contribution in [0.1, 0.15) is 152 Å². The van der Waals surface area contributed by atoms with Gasteiger partial charge in [-0.1, -0.05) is 88.8 Å². The van der Waals surface area contributed by atoms with Gasteiger partial charge in [-0.2, -0.15) is 0 Å². The Morgan fingerprint density at radius 1 is 0.724 bits per heavy atom. The predicted octanol–water partition coefficient (Wildman–Crippen LogP) is 10.8. The van der Waals surface area contributed by atoms with Crippen LogP contribution in [0, 0.1) is 13.8 Å². The normalized spacial score (nSPS) is 17.4. The minimum atomic E-state index is -4.41. The van der Waals surface area contributed by atoms with Crippen LogP contribution >= 0.6 is 7.82 Å². The first-order valence-electron chi connectivity index (χ1n) is 22.2. The van der Waals surface area contributed by atoms with Crippen LogP contribution in [0.3, 0.4) is 0 Å². The molecule has 0 bridgehead atoms. The molecule has 11 nitrogen and oxygen atoms in total. The van der Waals surface area contributed by atoms with Crippen molar-refractivity contribution in [2.75, 3.05) is 47.5 Å². The van der Waals surface area contributed by atoms with E-state index < -0.39 is 32.5 Å². The van der Waals surface area contributed by atoms with E-state index >= 15 is 0 Å². The SMILES string of the molecule is CCCCC/C=C\C/C=C\CC1OC1C/C=C\CCCC(=O)O[C@H](COC(=O)CCCCCCCCc1oc(CCC)c(C)c1C)COP(=O)(O)OCC[N+](C)(C)C. The standard InChI is InChI=1S/C46H78NO10P/c1-8-10-11-12-13-14-15-19-24-30-43-44(57-43)31-25-21-22-27-33-46(49)55-40(37-54-58(50,51)53-35-34-47(5,6)7)36-52-45(48)32-26-20-17-16-18-23-29-42-39(4)38(3)41(56-42)28-9-2/h13-14,19,21,24-25,40,43-44H,8-12,15-18,20,22-23,26-37H2,1-7H3/p+1/b14-13-,24-19-,25-21-/t40-,43?,44?/m1/s1. The molecule has 0 saturated carbocycles. The van der Waals surface area contributed by atoms with Gasteiger partial charge in [-0.15, -0.1) is 0 Å². The molecule has 0 radical (unpaired) electrons. The van der Waals surface area contributed by atoms with Gasteiger partial charge in [0.1, 0.15) is 31.3 Å². The molecule has 1 aliphatic heterocycles. The van der Waals surface area contributed by atoms with Crippen molar-refractivity contribution in [1.29, 1.82) is 0 Å². The molecule has 1 N–H and O–H groups in total. The smallest absolute Gasteiger partial charge is 0.466 e. The van der Waals surface area contributed by atoms with Crippen LogP contribution in [-0.4, -0.2) is 87.1 Å². The average Bonchev–Trinajstić information content (AvgIpc) is 3.87. The summed E-state index contributed by atoms with van der Waals surface area (Å²) in [5.74, 6) is 1.33. The molecule has 58 heavy (non-hydrogen) atoms. The highest BCUT2D eigenvalue weighted by Crippen LogP contribution is 2.43. The van der Waals surface area contributed by atoms with E-state index in [1.807, 2.05) is 21.1 Å². The van der Waals surface area contributed by atoms with Crippen molar-refractivity contribution < 1.29 is 51.2 Å². The fraction of sp³-hybridized carbons (Fsp3) is 0.739. The second kappa shape index (κ2) is 29.7. The summed E-state index contributed by atoms with van der Waals surface area (Å²) in [4.78, 5) is 35.5. The summed E-state index contributed by atoms with van der Waals surface area (Å²) < 4.78 is 46.2. The van der Waals surface area contributed by atoms with Gasteiger partial charge in [0.05, 0.1) is 40.0 Å². The summed E-state index contributed by atoms with van der Waals surface area (Å²) in [5, 5.41) is 0. The number of carbonyl (C=O) groups is 2. The highest BCUT2D eigenvalue weighted by molar-refractivity contribution is 7.47. The maximum Gasteiger partial charge on any atom is 0.472 e. The van der Waals surface area contributed by atoms with Crippen LogP contribution < -0.4 is 0 Å². The van der Waals surface area contributed by atoms with Crippen molar-refractivity contribution in [3.05, 3.63) is 59.1 Å². The summed E-state index contributed by atoms with van der Waals surface area (Å²) in [6.45, 7) is 8.47. The minimum Gasteiger partial charge on any atom is -0.466 e. The van der Waals surface area contributed by atoms with E-state index in [4.69, 9.17) is 27.7 Å². The lowest BCUT2D eigenvalue weighted by Crippen LogP contribution is -2.37. The van der Waals surface area contributed by atoms with Crippen LogP contribution in [0.15, 0.2) is 40.9 Å². The number of unbranched alkanes of at least 4 members (excludes halogenated alkanes) is 9. The van der Waals surface area contributed by atoms with E-state index in [1.54, 1.807) is 0 Å². The molecule has 12 heteroatoms. The molecule has 1 aliphatic rings. The molecule has 2 heterocycles. The molecule has 0 aromatic carbocycles. The lowest BCUT2D eigenvalue weighted by Gasteiger charge is -2.24. The molecule has 2 rings (SSSR count). The van der Waals surface area contributed by atoms with Gasteiger partial charge in [0.25, 0.3) is 0 Å². The number of phosphoric ester groups is 1. The number of quaternary nitrogens is 1. The minimum absolute atomic E-state index is 0.00910. The highest BCUT2D eigenvalue weighted by atomic mass is 31.2. The number of epoxide rings is 1. The third-order valence-electron chi connectivity index (χ3n) is 10.2. The number of nitrogens with zero attached hydrogens (tertiary/aromatic N) is 1. The Kier molecular flexibility index (Phi) is 26.4. The van der Waals surface area contributed by atoms with Crippen LogP contribution in [0.2, 0.25) is 0 Å².